The molecule has 5 heteroatoms. The molecule has 2 rings (SSSR count). The van der Waals surface area contributed by atoms with E-state index >= 15 is 0 Å². The highest BCUT2D eigenvalue weighted by molar-refractivity contribution is 5.98. The van der Waals surface area contributed by atoms with Crippen molar-refractivity contribution in [1.29, 1.82) is 0 Å². The predicted octanol–water partition coefficient (Wildman–Crippen LogP) is -0.592. The lowest BCUT2D eigenvalue weighted by Gasteiger charge is -1.96. The molecule has 0 saturated heterocycles. The Kier molecular flexibility index (Phi) is 1.28. The maximum absolute atomic E-state index is 4.91. The third kappa shape index (κ3) is 0.850. The minimum Gasteiger partial charge on any atom is -0.479 e. The molecule has 0 amide bonds. The van der Waals surface area contributed by atoms with Crippen molar-refractivity contribution in [2.75, 3.05) is 0 Å². The number of hydrogen-bond donors (Lipinski definition) is 0. The smallest absolute Gasteiger partial charge is 0.360 e. The molecular weight excluding hydrogens is 141 g/mol. The molecule has 0 bridgehead atoms. The highest BCUT2D eigenvalue weighted by atomic mass is 16.6. The molecule has 2 aromatic rings. The van der Waals surface area contributed by atoms with E-state index in [1.165, 1.54) is 4.85 Å². The van der Waals surface area contributed by atoms with Gasteiger partial charge < -0.3 is 4.76 Å². The summed E-state index contributed by atoms with van der Waals surface area (Å²) in [5.74, 6) is 0. The fourth-order valence-electron chi connectivity index (χ4n) is 0.982. The summed E-state index contributed by atoms with van der Waals surface area (Å²) in [6, 6.07) is 7.62. The number of fused-ring (bicyclic) bond motifs is 1. The van der Waals surface area contributed by atoms with Gasteiger partial charge in [-0.25, -0.2) is 0 Å². The van der Waals surface area contributed by atoms with Gasteiger partial charge in [-0.1, -0.05) is 17.0 Å². The van der Waals surface area contributed by atoms with Gasteiger partial charge in [0.1, 0.15) is 11.0 Å². The van der Waals surface area contributed by atoms with E-state index in [1.54, 1.807) is 8.05 Å². The SMILES string of the molecule is BOn1nnc2ccccc21. The molecule has 0 saturated carbocycles. The number of benzene rings is 1. The number of aromatic nitrogens is 3. The first-order chi connectivity index (χ1) is 5.42. The van der Waals surface area contributed by atoms with Crippen LogP contribution in [0.15, 0.2) is 24.3 Å². The fraction of sp³-hybridized carbons (Fsp3) is 0. The van der Waals surface area contributed by atoms with Gasteiger partial charge in [-0.05, 0) is 17.3 Å². The van der Waals surface area contributed by atoms with Crippen LogP contribution in [0.1, 0.15) is 0 Å². The monoisotopic (exact) mass is 147 g/mol. The Balaban J connectivity index is 2.76. The summed E-state index contributed by atoms with van der Waals surface area (Å²) in [7, 11) is 1.56. The zero-order valence-electron chi connectivity index (χ0n) is 6.06. The molecule has 54 valence electrons. The third-order valence-corrected chi connectivity index (χ3v) is 1.49. The lowest BCUT2D eigenvalue weighted by Crippen LogP contribution is -2.08. The van der Waals surface area contributed by atoms with Crippen LogP contribution in [-0.4, -0.2) is 23.2 Å². The lowest BCUT2D eigenvalue weighted by molar-refractivity contribution is 0.261. The molecule has 0 aliphatic carbocycles. The van der Waals surface area contributed by atoms with Gasteiger partial charge in [-0.3, -0.25) is 0 Å². The summed E-state index contributed by atoms with van der Waals surface area (Å²) in [6.07, 6.45) is 0. The molecule has 0 unspecified atom stereocenters. The van der Waals surface area contributed by atoms with Crippen molar-refractivity contribution in [2.24, 2.45) is 0 Å². The van der Waals surface area contributed by atoms with Crippen LogP contribution in [0.5, 0.6) is 0 Å². The van der Waals surface area contributed by atoms with Gasteiger partial charge in [0.2, 0.25) is 0 Å². The molecule has 0 fully saturated rings. The van der Waals surface area contributed by atoms with Gasteiger partial charge in [0, 0.05) is 0 Å². The molecule has 0 N–H and O–H groups in total. The first-order valence-corrected chi connectivity index (χ1v) is 3.27. The fourth-order valence-corrected chi connectivity index (χ4v) is 0.982. The van der Waals surface area contributed by atoms with E-state index in [4.69, 9.17) is 4.76 Å². The van der Waals surface area contributed by atoms with Gasteiger partial charge in [0.15, 0.2) is 0 Å². The zero-order chi connectivity index (χ0) is 7.68. The van der Waals surface area contributed by atoms with Gasteiger partial charge >= 0.3 is 8.05 Å². The molecule has 11 heavy (non-hydrogen) atoms. The van der Waals surface area contributed by atoms with E-state index in [1.807, 2.05) is 24.3 Å². The van der Waals surface area contributed by atoms with Crippen molar-refractivity contribution in [3.63, 3.8) is 0 Å². The van der Waals surface area contributed by atoms with Crippen LogP contribution in [0.2, 0.25) is 0 Å². The van der Waals surface area contributed by atoms with Gasteiger partial charge in [0.05, 0.1) is 0 Å². The average molecular weight is 147 g/mol. The van der Waals surface area contributed by atoms with Gasteiger partial charge in [-0.15, -0.1) is 5.10 Å². The number of hydrogen-bond acceptors (Lipinski definition) is 3. The first kappa shape index (κ1) is 6.21. The van der Waals surface area contributed by atoms with Crippen LogP contribution in [0.25, 0.3) is 11.0 Å². The van der Waals surface area contributed by atoms with E-state index in [2.05, 4.69) is 10.3 Å². The molecule has 0 spiro atoms. The van der Waals surface area contributed by atoms with Crippen molar-refractivity contribution in [2.45, 2.75) is 0 Å². The molecule has 0 aliphatic heterocycles. The Hall–Kier alpha value is -1.52. The normalized spacial score (nSPS) is 10.2. The first-order valence-electron chi connectivity index (χ1n) is 3.27. The van der Waals surface area contributed by atoms with E-state index in [-0.39, 0.29) is 0 Å². The Morgan fingerprint density at radius 1 is 1.36 bits per heavy atom. The molecule has 1 heterocycles. The summed E-state index contributed by atoms with van der Waals surface area (Å²) < 4.78 is 4.91. The molecule has 0 aliphatic rings. The molecule has 0 radical (unpaired) electrons. The molecule has 1 aromatic carbocycles. The maximum atomic E-state index is 4.91. The van der Waals surface area contributed by atoms with Gasteiger partial charge in [0.25, 0.3) is 0 Å². The van der Waals surface area contributed by atoms with Crippen LogP contribution >= 0.6 is 0 Å². The quantitative estimate of drug-likeness (QED) is 0.506. The minimum atomic E-state index is 0.842. The maximum Gasteiger partial charge on any atom is 0.360 e. The second-order valence-corrected chi connectivity index (χ2v) is 2.13. The van der Waals surface area contributed by atoms with Crippen LogP contribution in [0, 0.1) is 0 Å². The van der Waals surface area contributed by atoms with Crippen molar-refractivity contribution < 1.29 is 4.76 Å². The van der Waals surface area contributed by atoms with Crippen LogP contribution in [0.3, 0.4) is 0 Å². The topological polar surface area (TPSA) is 39.9 Å². The van der Waals surface area contributed by atoms with Crippen molar-refractivity contribution in [3.8, 4) is 0 Å². The van der Waals surface area contributed by atoms with E-state index in [9.17, 15) is 0 Å². The summed E-state index contributed by atoms with van der Waals surface area (Å²) in [4.78, 5) is 1.38. The van der Waals surface area contributed by atoms with E-state index in [0.29, 0.717) is 0 Å². The van der Waals surface area contributed by atoms with Crippen molar-refractivity contribution in [1.82, 2.24) is 15.2 Å². The number of para-hydroxylation sites is 1. The Labute approximate surface area is 64.2 Å². The Morgan fingerprint density at radius 2 is 2.18 bits per heavy atom. The van der Waals surface area contributed by atoms with Crippen LogP contribution < -0.4 is 4.76 Å². The molecule has 1 aromatic heterocycles. The van der Waals surface area contributed by atoms with Crippen molar-refractivity contribution in [3.05, 3.63) is 24.3 Å². The largest absolute Gasteiger partial charge is 0.479 e. The van der Waals surface area contributed by atoms with E-state index < -0.39 is 0 Å². The summed E-state index contributed by atoms with van der Waals surface area (Å²) in [6.45, 7) is 0. The van der Waals surface area contributed by atoms with Crippen molar-refractivity contribution >= 4 is 19.1 Å². The summed E-state index contributed by atoms with van der Waals surface area (Å²) in [5, 5.41) is 7.64. The molecular formula is C6H6BN3O. The highest BCUT2D eigenvalue weighted by Gasteiger charge is 1.99. The Bertz CT molecular complexity index is 373. The summed E-state index contributed by atoms with van der Waals surface area (Å²) >= 11 is 0. The average Bonchev–Trinajstić information content (AvgIpc) is 2.47. The Morgan fingerprint density at radius 3 is 3.00 bits per heavy atom. The van der Waals surface area contributed by atoms with E-state index in [0.717, 1.165) is 11.0 Å². The lowest BCUT2D eigenvalue weighted by atomic mass is 10.3. The predicted molar refractivity (Wildman–Crippen MR) is 42.7 cm³/mol. The second-order valence-electron chi connectivity index (χ2n) is 2.13. The zero-order valence-corrected chi connectivity index (χ0v) is 6.06. The van der Waals surface area contributed by atoms with Gasteiger partial charge in [-0.2, -0.15) is 0 Å². The number of rotatable bonds is 1. The molecule has 0 atom stereocenters. The van der Waals surface area contributed by atoms with Crippen LogP contribution in [-0.2, 0) is 0 Å². The minimum absolute atomic E-state index is 0.842. The molecule has 4 nitrogen and oxygen atoms in total. The summed E-state index contributed by atoms with van der Waals surface area (Å²) in [5.41, 5.74) is 1.73. The number of nitrogens with zero attached hydrogens (tertiary/aromatic N) is 3. The highest BCUT2D eigenvalue weighted by Crippen LogP contribution is 2.07. The second kappa shape index (κ2) is 2.27. The van der Waals surface area contributed by atoms with Crippen LogP contribution in [0.4, 0.5) is 0 Å². The third-order valence-electron chi connectivity index (χ3n) is 1.49. The standard InChI is InChI=1S/C6H6BN3O/c7-11-10-6-4-2-1-3-5(6)8-9-10/h1-4H,7H2.